The average molecular weight is 339 g/mol. The molecular weight excluding hydrogens is 320 g/mol. The first kappa shape index (κ1) is 15.0. The van der Waals surface area contributed by atoms with Gasteiger partial charge in [0.15, 0.2) is 0 Å². The predicted octanol–water partition coefficient (Wildman–Crippen LogP) is 2.45. The van der Waals surface area contributed by atoms with Gasteiger partial charge in [0.1, 0.15) is 0 Å². The van der Waals surface area contributed by atoms with E-state index in [4.69, 9.17) is 0 Å². The highest BCUT2D eigenvalue weighted by Gasteiger charge is 2.22. The van der Waals surface area contributed by atoms with Gasteiger partial charge < -0.3 is 9.80 Å². The van der Waals surface area contributed by atoms with E-state index in [1.165, 1.54) is 4.90 Å². The van der Waals surface area contributed by atoms with Crippen molar-refractivity contribution in [3.8, 4) is 0 Å². The fourth-order valence-corrected chi connectivity index (χ4v) is 2.77. The Hall–Kier alpha value is -1.36. The van der Waals surface area contributed by atoms with E-state index in [1.54, 1.807) is 7.05 Å². The second-order valence-corrected chi connectivity index (χ2v) is 6.09. The van der Waals surface area contributed by atoms with Gasteiger partial charge in [-0.1, -0.05) is 11.6 Å². The summed E-state index contributed by atoms with van der Waals surface area (Å²) in [7, 11) is 1.67. The van der Waals surface area contributed by atoms with E-state index >= 15 is 0 Å². The second-order valence-electron chi connectivity index (χ2n) is 5.23. The summed E-state index contributed by atoms with van der Waals surface area (Å²) in [6, 6.07) is 5.64. The van der Waals surface area contributed by atoms with E-state index in [0.29, 0.717) is 5.56 Å². The summed E-state index contributed by atoms with van der Waals surface area (Å²) in [4.78, 5) is 27.8. The second kappa shape index (κ2) is 6.39. The number of nitrogens with zero attached hydrogens (tertiary/aromatic N) is 2. The summed E-state index contributed by atoms with van der Waals surface area (Å²) in [5.41, 5.74) is 1.62. The van der Waals surface area contributed by atoms with Crippen LogP contribution in [0.3, 0.4) is 0 Å². The van der Waals surface area contributed by atoms with Crippen LogP contribution in [0.25, 0.3) is 0 Å². The first-order valence-electron chi connectivity index (χ1n) is 6.78. The number of hydrogen-bond acceptors (Lipinski definition) is 2. The van der Waals surface area contributed by atoms with Crippen molar-refractivity contribution in [2.45, 2.75) is 19.8 Å². The van der Waals surface area contributed by atoms with Gasteiger partial charge in [-0.05, 0) is 47.8 Å². The average Bonchev–Trinajstić information content (AvgIpc) is 2.94. The van der Waals surface area contributed by atoms with Crippen molar-refractivity contribution in [1.29, 1.82) is 0 Å². The van der Waals surface area contributed by atoms with Crippen LogP contribution in [-0.4, -0.2) is 48.3 Å². The minimum absolute atomic E-state index is 0.0297. The lowest BCUT2D eigenvalue weighted by atomic mass is 10.1. The van der Waals surface area contributed by atoms with Gasteiger partial charge in [-0.3, -0.25) is 9.59 Å². The lowest BCUT2D eigenvalue weighted by Gasteiger charge is -2.22. The zero-order chi connectivity index (χ0) is 14.7. The summed E-state index contributed by atoms with van der Waals surface area (Å²) in [6.45, 7) is 3.71. The van der Waals surface area contributed by atoms with Crippen LogP contribution in [-0.2, 0) is 4.79 Å². The molecule has 1 aromatic rings. The lowest BCUT2D eigenvalue weighted by Crippen LogP contribution is -2.39. The van der Waals surface area contributed by atoms with E-state index in [2.05, 4.69) is 15.9 Å². The fraction of sp³-hybridized carbons (Fsp3) is 0.467. The largest absolute Gasteiger partial charge is 0.341 e. The summed E-state index contributed by atoms with van der Waals surface area (Å²) < 4.78 is 0.758. The maximum absolute atomic E-state index is 12.4. The standard InChI is InChI=1S/C15H19BrN2O2/c1-11-5-6-13(16)12(9-11)15(20)17(2)10-14(19)18-7-3-4-8-18/h5-6,9H,3-4,7-8,10H2,1-2H3. The quantitative estimate of drug-likeness (QED) is 0.849. The van der Waals surface area contributed by atoms with Crippen molar-refractivity contribution in [3.05, 3.63) is 33.8 Å². The molecule has 4 nitrogen and oxygen atoms in total. The van der Waals surface area contributed by atoms with Crippen LogP contribution >= 0.6 is 15.9 Å². The highest BCUT2D eigenvalue weighted by Crippen LogP contribution is 2.19. The number of halogens is 1. The molecule has 0 radical (unpaired) electrons. The van der Waals surface area contributed by atoms with Gasteiger partial charge in [0.25, 0.3) is 5.91 Å². The first-order chi connectivity index (χ1) is 9.49. The van der Waals surface area contributed by atoms with Crippen molar-refractivity contribution in [2.75, 3.05) is 26.7 Å². The van der Waals surface area contributed by atoms with E-state index in [-0.39, 0.29) is 18.4 Å². The normalized spacial score (nSPS) is 14.4. The zero-order valence-corrected chi connectivity index (χ0v) is 13.4. The molecule has 1 aliphatic rings. The van der Waals surface area contributed by atoms with Crippen LogP contribution in [0.15, 0.2) is 22.7 Å². The summed E-state index contributed by atoms with van der Waals surface area (Å²) in [5, 5.41) is 0. The van der Waals surface area contributed by atoms with Crippen molar-refractivity contribution >= 4 is 27.7 Å². The van der Waals surface area contributed by atoms with Gasteiger partial charge in [0, 0.05) is 24.6 Å². The minimum Gasteiger partial charge on any atom is -0.341 e. The number of aryl methyl sites for hydroxylation is 1. The maximum atomic E-state index is 12.4. The third-order valence-electron chi connectivity index (χ3n) is 3.53. The summed E-state index contributed by atoms with van der Waals surface area (Å²) in [6.07, 6.45) is 2.12. The van der Waals surface area contributed by atoms with E-state index in [1.807, 2.05) is 30.0 Å². The summed E-state index contributed by atoms with van der Waals surface area (Å²) >= 11 is 3.39. The van der Waals surface area contributed by atoms with Crippen LogP contribution in [0.2, 0.25) is 0 Å². The Morgan fingerprint density at radius 3 is 2.60 bits per heavy atom. The molecule has 2 amide bonds. The van der Waals surface area contributed by atoms with Crippen molar-refractivity contribution in [2.24, 2.45) is 0 Å². The molecule has 0 N–H and O–H groups in total. The van der Waals surface area contributed by atoms with Crippen molar-refractivity contribution < 1.29 is 9.59 Å². The Bertz CT molecular complexity index is 525. The van der Waals surface area contributed by atoms with Crippen LogP contribution in [0.5, 0.6) is 0 Å². The molecule has 1 saturated heterocycles. The molecule has 1 fully saturated rings. The number of likely N-dealkylation sites (N-methyl/N-ethyl adjacent to an activating group) is 1. The molecule has 0 saturated carbocycles. The highest BCUT2D eigenvalue weighted by atomic mass is 79.9. The molecule has 20 heavy (non-hydrogen) atoms. The molecule has 0 bridgehead atoms. The van der Waals surface area contributed by atoms with Gasteiger partial charge >= 0.3 is 0 Å². The Kier molecular flexibility index (Phi) is 4.81. The van der Waals surface area contributed by atoms with Gasteiger partial charge in [-0.25, -0.2) is 0 Å². The van der Waals surface area contributed by atoms with Gasteiger partial charge in [-0.2, -0.15) is 0 Å². The Labute approximate surface area is 127 Å². The Morgan fingerprint density at radius 2 is 1.95 bits per heavy atom. The molecule has 0 unspecified atom stereocenters. The van der Waals surface area contributed by atoms with Crippen LogP contribution in [0.1, 0.15) is 28.8 Å². The van der Waals surface area contributed by atoms with Crippen LogP contribution in [0.4, 0.5) is 0 Å². The summed E-state index contributed by atoms with van der Waals surface area (Å²) in [5.74, 6) is -0.102. The SMILES string of the molecule is Cc1ccc(Br)c(C(=O)N(C)CC(=O)N2CCCC2)c1. The number of carbonyl (C=O) groups is 2. The third-order valence-corrected chi connectivity index (χ3v) is 4.22. The van der Waals surface area contributed by atoms with Crippen molar-refractivity contribution in [3.63, 3.8) is 0 Å². The minimum atomic E-state index is -0.131. The van der Waals surface area contributed by atoms with Crippen molar-refractivity contribution in [1.82, 2.24) is 9.80 Å². The molecule has 108 valence electrons. The number of benzene rings is 1. The smallest absolute Gasteiger partial charge is 0.255 e. The number of rotatable bonds is 3. The molecule has 0 spiro atoms. The van der Waals surface area contributed by atoms with Crippen LogP contribution in [0, 0.1) is 6.92 Å². The van der Waals surface area contributed by atoms with E-state index in [0.717, 1.165) is 36.0 Å². The van der Waals surface area contributed by atoms with Gasteiger partial charge in [0.05, 0.1) is 12.1 Å². The monoisotopic (exact) mass is 338 g/mol. The number of carbonyl (C=O) groups excluding carboxylic acids is 2. The van der Waals surface area contributed by atoms with E-state index in [9.17, 15) is 9.59 Å². The van der Waals surface area contributed by atoms with Gasteiger partial charge in [-0.15, -0.1) is 0 Å². The predicted molar refractivity (Wildman–Crippen MR) is 81.7 cm³/mol. The molecule has 1 aromatic carbocycles. The lowest BCUT2D eigenvalue weighted by molar-refractivity contribution is -0.130. The van der Waals surface area contributed by atoms with Gasteiger partial charge in [0.2, 0.25) is 5.91 Å². The fourth-order valence-electron chi connectivity index (χ4n) is 2.35. The molecule has 1 heterocycles. The molecule has 2 rings (SSSR count). The molecular formula is C15H19BrN2O2. The molecule has 1 aliphatic heterocycles. The zero-order valence-electron chi connectivity index (χ0n) is 11.9. The highest BCUT2D eigenvalue weighted by molar-refractivity contribution is 9.10. The first-order valence-corrected chi connectivity index (χ1v) is 7.57. The van der Waals surface area contributed by atoms with Crippen LogP contribution < -0.4 is 0 Å². The molecule has 0 aromatic heterocycles. The number of likely N-dealkylation sites (tertiary alicyclic amines) is 1. The number of hydrogen-bond donors (Lipinski definition) is 0. The Balaban J connectivity index is 2.04. The van der Waals surface area contributed by atoms with E-state index < -0.39 is 0 Å². The Morgan fingerprint density at radius 1 is 1.30 bits per heavy atom. The maximum Gasteiger partial charge on any atom is 0.255 e. The topological polar surface area (TPSA) is 40.6 Å². The number of amides is 2. The molecule has 0 atom stereocenters. The molecule has 5 heteroatoms. The third kappa shape index (κ3) is 3.39. The molecule has 0 aliphatic carbocycles.